The van der Waals surface area contributed by atoms with E-state index in [0.29, 0.717) is 18.3 Å². The average molecular weight is 318 g/mol. The molecule has 3 rings (SSSR count). The molecule has 1 atom stereocenters. The Morgan fingerprint density at radius 1 is 1.45 bits per heavy atom. The van der Waals surface area contributed by atoms with Gasteiger partial charge in [0.25, 0.3) is 0 Å². The van der Waals surface area contributed by atoms with Gasteiger partial charge < -0.3 is 10.1 Å². The highest BCUT2D eigenvalue weighted by molar-refractivity contribution is 7.15. The van der Waals surface area contributed by atoms with Crippen LogP contribution in [0.3, 0.4) is 0 Å². The Kier molecular flexibility index (Phi) is 4.65. The summed E-state index contributed by atoms with van der Waals surface area (Å²) in [6.07, 6.45) is 5.07. The quantitative estimate of drug-likeness (QED) is 0.909. The van der Waals surface area contributed by atoms with E-state index in [1.807, 2.05) is 19.1 Å². The number of ether oxygens (including phenoxy) is 1. The predicted molar refractivity (Wildman–Crippen MR) is 84.9 cm³/mol. The smallest absolute Gasteiger partial charge is 0.321 e. The zero-order valence-corrected chi connectivity index (χ0v) is 13.2. The van der Waals surface area contributed by atoms with Crippen molar-refractivity contribution in [1.82, 2.24) is 15.3 Å². The van der Waals surface area contributed by atoms with E-state index < -0.39 is 0 Å². The first-order valence-corrected chi connectivity index (χ1v) is 8.11. The number of amides is 2. The van der Waals surface area contributed by atoms with E-state index in [1.165, 1.54) is 11.3 Å². The molecule has 1 aliphatic heterocycles. The molecule has 2 aromatic rings. The number of nitrogens with zero attached hydrogens (tertiary/aromatic N) is 2. The molecule has 0 spiro atoms. The van der Waals surface area contributed by atoms with Crippen molar-refractivity contribution in [3.05, 3.63) is 40.7 Å². The summed E-state index contributed by atoms with van der Waals surface area (Å²) in [5, 5.41) is 6.41. The van der Waals surface area contributed by atoms with Crippen LogP contribution in [0.1, 0.15) is 35.5 Å². The third-order valence-corrected chi connectivity index (χ3v) is 4.52. The lowest BCUT2D eigenvalue weighted by atomic mass is 10.1. The van der Waals surface area contributed by atoms with Gasteiger partial charge in [-0.2, -0.15) is 0 Å². The monoisotopic (exact) mass is 318 g/mol. The van der Waals surface area contributed by atoms with Crippen LogP contribution in [0, 0.1) is 0 Å². The molecule has 0 saturated carbocycles. The third-order valence-electron chi connectivity index (χ3n) is 3.54. The van der Waals surface area contributed by atoms with Crippen LogP contribution in [-0.4, -0.2) is 22.6 Å². The van der Waals surface area contributed by atoms with Crippen molar-refractivity contribution in [2.45, 2.75) is 32.4 Å². The molecule has 2 N–H and O–H groups in total. The molecule has 1 aliphatic rings. The third kappa shape index (κ3) is 3.42. The molecule has 1 unspecified atom stereocenters. The second-order valence-corrected chi connectivity index (χ2v) is 6.11. The molecule has 2 amide bonds. The van der Waals surface area contributed by atoms with Gasteiger partial charge in [0.15, 0.2) is 5.13 Å². The van der Waals surface area contributed by atoms with Crippen molar-refractivity contribution < 1.29 is 9.53 Å². The number of fused-ring (bicyclic) bond motifs is 1. The summed E-state index contributed by atoms with van der Waals surface area (Å²) in [4.78, 5) is 21.7. The number of carbonyl (C=O) groups is 1. The molecule has 7 heteroatoms. The fraction of sp³-hybridized carbons (Fsp3) is 0.400. The van der Waals surface area contributed by atoms with E-state index in [-0.39, 0.29) is 12.1 Å². The Labute approximate surface area is 132 Å². The first kappa shape index (κ1) is 14.9. The number of hydrogen-bond acceptors (Lipinski definition) is 5. The Morgan fingerprint density at radius 3 is 3.00 bits per heavy atom. The van der Waals surface area contributed by atoms with E-state index in [1.54, 1.807) is 12.4 Å². The number of rotatable bonds is 4. The van der Waals surface area contributed by atoms with Crippen LogP contribution in [0.25, 0.3) is 0 Å². The highest BCUT2D eigenvalue weighted by Gasteiger charge is 2.18. The molecular formula is C15H18N4O2S. The second kappa shape index (κ2) is 6.85. The number of nitrogens with one attached hydrogen (secondary N) is 2. The number of thiazole rings is 1. The van der Waals surface area contributed by atoms with Gasteiger partial charge in [-0.1, -0.05) is 18.3 Å². The molecule has 0 radical (unpaired) electrons. The van der Waals surface area contributed by atoms with Gasteiger partial charge in [-0.05, 0) is 24.1 Å². The highest BCUT2D eigenvalue weighted by atomic mass is 32.1. The van der Waals surface area contributed by atoms with Crippen LogP contribution in [-0.2, 0) is 17.8 Å². The minimum atomic E-state index is -0.240. The lowest BCUT2D eigenvalue weighted by molar-refractivity contribution is 0.112. The standard InChI is InChI=1S/C15H18N4O2S/c1-2-11(10-3-6-16-7-4-10)17-14(20)19-15-18-12-5-8-21-9-13(12)22-15/h3-4,6-7,11H,2,5,8-9H2,1H3,(H2,17,18,19,20). The highest BCUT2D eigenvalue weighted by Crippen LogP contribution is 2.27. The maximum absolute atomic E-state index is 12.2. The fourth-order valence-corrected chi connectivity index (χ4v) is 3.33. The van der Waals surface area contributed by atoms with Gasteiger partial charge in [-0.15, -0.1) is 0 Å². The van der Waals surface area contributed by atoms with Gasteiger partial charge in [-0.3, -0.25) is 10.3 Å². The molecule has 6 nitrogen and oxygen atoms in total. The van der Waals surface area contributed by atoms with Crippen molar-refractivity contribution >= 4 is 22.5 Å². The Hall–Kier alpha value is -1.99. The maximum atomic E-state index is 12.2. The summed E-state index contributed by atoms with van der Waals surface area (Å²) in [5.41, 5.74) is 2.08. The fourth-order valence-electron chi connectivity index (χ4n) is 2.39. The van der Waals surface area contributed by atoms with Crippen molar-refractivity contribution in [2.24, 2.45) is 0 Å². The van der Waals surface area contributed by atoms with Crippen LogP contribution in [0.4, 0.5) is 9.93 Å². The molecule has 0 aliphatic carbocycles. The molecule has 22 heavy (non-hydrogen) atoms. The largest absolute Gasteiger partial charge is 0.375 e. The average Bonchev–Trinajstić information content (AvgIpc) is 2.95. The van der Waals surface area contributed by atoms with Gasteiger partial charge in [-0.25, -0.2) is 9.78 Å². The minimum absolute atomic E-state index is 0.0408. The van der Waals surface area contributed by atoms with Gasteiger partial charge in [0.1, 0.15) is 0 Å². The molecule has 2 aromatic heterocycles. The Balaban J connectivity index is 1.63. The lowest BCUT2D eigenvalue weighted by Gasteiger charge is -2.17. The van der Waals surface area contributed by atoms with Crippen molar-refractivity contribution in [3.8, 4) is 0 Å². The molecular weight excluding hydrogens is 300 g/mol. The molecule has 0 aromatic carbocycles. The number of aromatic nitrogens is 2. The number of urea groups is 1. The van der Waals surface area contributed by atoms with Crippen molar-refractivity contribution in [1.29, 1.82) is 0 Å². The topological polar surface area (TPSA) is 76.1 Å². The number of anilines is 1. The molecule has 116 valence electrons. The van der Waals surface area contributed by atoms with Crippen LogP contribution >= 0.6 is 11.3 Å². The summed E-state index contributed by atoms with van der Waals surface area (Å²) in [6, 6.07) is 3.54. The lowest BCUT2D eigenvalue weighted by Crippen LogP contribution is -2.32. The van der Waals surface area contributed by atoms with Crippen LogP contribution < -0.4 is 10.6 Å². The van der Waals surface area contributed by atoms with E-state index in [9.17, 15) is 4.79 Å². The zero-order valence-electron chi connectivity index (χ0n) is 12.3. The predicted octanol–water partition coefficient (Wildman–Crippen LogP) is 2.88. The maximum Gasteiger partial charge on any atom is 0.321 e. The summed E-state index contributed by atoms with van der Waals surface area (Å²) >= 11 is 1.48. The summed E-state index contributed by atoms with van der Waals surface area (Å²) in [6.45, 7) is 3.32. The van der Waals surface area contributed by atoms with Gasteiger partial charge >= 0.3 is 6.03 Å². The van der Waals surface area contributed by atoms with Crippen molar-refractivity contribution in [3.63, 3.8) is 0 Å². The summed E-state index contributed by atoms with van der Waals surface area (Å²) in [5.74, 6) is 0. The molecule has 0 fully saturated rings. The number of hydrogen-bond donors (Lipinski definition) is 2. The Bertz CT molecular complexity index is 621. The van der Waals surface area contributed by atoms with Gasteiger partial charge in [0, 0.05) is 18.8 Å². The normalized spacial score (nSPS) is 15.0. The van der Waals surface area contributed by atoms with Crippen molar-refractivity contribution in [2.75, 3.05) is 11.9 Å². The zero-order chi connectivity index (χ0) is 15.4. The Morgan fingerprint density at radius 2 is 2.27 bits per heavy atom. The van der Waals surface area contributed by atoms with E-state index in [0.717, 1.165) is 29.0 Å². The number of carbonyl (C=O) groups excluding carboxylic acids is 1. The van der Waals surface area contributed by atoms with Gasteiger partial charge in [0.05, 0.1) is 29.8 Å². The molecule has 0 saturated heterocycles. The number of pyridine rings is 1. The van der Waals surface area contributed by atoms with E-state index in [2.05, 4.69) is 20.6 Å². The first-order valence-electron chi connectivity index (χ1n) is 7.30. The van der Waals surface area contributed by atoms with E-state index in [4.69, 9.17) is 4.74 Å². The second-order valence-electron chi connectivity index (χ2n) is 5.03. The van der Waals surface area contributed by atoms with Crippen LogP contribution in [0.5, 0.6) is 0 Å². The molecule has 0 bridgehead atoms. The van der Waals surface area contributed by atoms with Crippen LogP contribution in [0.15, 0.2) is 24.5 Å². The molecule has 3 heterocycles. The summed E-state index contributed by atoms with van der Waals surface area (Å²) < 4.78 is 5.39. The minimum Gasteiger partial charge on any atom is -0.375 e. The van der Waals surface area contributed by atoms with Crippen LogP contribution in [0.2, 0.25) is 0 Å². The summed E-state index contributed by atoms with van der Waals surface area (Å²) in [7, 11) is 0. The van der Waals surface area contributed by atoms with Gasteiger partial charge in [0.2, 0.25) is 0 Å². The SMILES string of the molecule is CCC(NC(=O)Nc1nc2c(s1)COCC2)c1ccncc1. The first-order chi connectivity index (χ1) is 10.8. The van der Waals surface area contributed by atoms with E-state index >= 15 is 0 Å².